The van der Waals surface area contributed by atoms with Gasteiger partial charge in [-0.2, -0.15) is 0 Å². The van der Waals surface area contributed by atoms with E-state index in [-0.39, 0.29) is 5.91 Å². The molecule has 0 aliphatic carbocycles. The van der Waals surface area contributed by atoms with Crippen LogP contribution >= 0.6 is 0 Å². The molecule has 3 heteroatoms. The van der Waals surface area contributed by atoms with Crippen molar-refractivity contribution in [3.63, 3.8) is 0 Å². The summed E-state index contributed by atoms with van der Waals surface area (Å²) in [5.74, 6) is 0.644. The summed E-state index contributed by atoms with van der Waals surface area (Å²) >= 11 is 0. The summed E-state index contributed by atoms with van der Waals surface area (Å²) in [6.07, 6.45) is 1.47. The maximum Gasteiger partial charge on any atom is 0.222 e. The zero-order valence-corrected chi connectivity index (χ0v) is 11.4. The molecule has 1 unspecified atom stereocenters. The second kappa shape index (κ2) is 7.88. The van der Waals surface area contributed by atoms with Crippen LogP contribution in [-0.2, 0) is 11.3 Å². The van der Waals surface area contributed by atoms with Crippen molar-refractivity contribution in [2.24, 2.45) is 11.7 Å². The lowest BCUT2D eigenvalue weighted by molar-refractivity contribution is -0.131. The first-order valence-corrected chi connectivity index (χ1v) is 6.69. The fourth-order valence-corrected chi connectivity index (χ4v) is 1.83. The molecule has 0 spiro atoms. The van der Waals surface area contributed by atoms with Crippen molar-refractivity contribution < 1.29 is 4.79 Å². The molecule has 3 nitrogen and oxygen atoms in total. The van der Waals surface area contributed by atoms with Crippen LogP contribution in [0.5, 0.6) is 0 Å². The predicted octanol–water partition coefficient (Wildman–Crippen LogP) is 2.41. The van der Waals surface area contributed by atoms with Gasteiger partial charge in [0.25, 0.3) is 0 Å². The minimum absolute atomic E-state index is 0.224. The Labute approximate surface area is 110 Å². The topological polar surface area (TPSA) is 46.3 Å². The second-order valence-corrected chi connectivity index (χ2v) is 4.77. The number of benzene rings is 1. The largest absolute Gasteiger partial charge is 0.339 e. The zero-order valence-electron chi connectivity index (χ0n) is 11.4. The molecule has 0 aromatic heterocycles. The van der Waals surface area contributed by atoms with Crippen LogP contribution in [0.1, 0.15) is 32.3 Å². The fourth-order valence-electron chi connectivity index (χ4n) is 1.83. The number of hydrogen-bond donors (Lipinski definition) is 1. The molecule has 1 atom stereocenters. The molecule has 2 N–H and O–H groups in total. The van der Waals surface area contributed by atoms with E-state index in [4.69, 9.17) is 5.73 Å². The smallest absolute Gasteiger partial charge is 0.222 e. The summed E-state index contributed by atoms with van der Waals surface area (Å²) in [6.45, 7) is 6.21. The average molecular weight is 248 g/mol. The molecule has 18 heavy (non-hydrogen) atoms. The third-order valence-electron chi connectivity index (χ3n) is 3.20. The molecule has 1 amide bonds. The van der Waals surface area contributed by atoms with Gasteiger partial charge in [0.2, 0.25) is 5.91 Å². The van der Waals surface area contributed by atoms with Gasteiger partial charge in [0.15, 0.2) is 0 Å². The molecule has 1 aromatic rings. The van der Waals surface area contributed by atoms with Crippen LogP contribution in [0.4, 0.5) is 0 Å². The summed E-state index contributed by atoms with van der Waals surface area (Å²) in [5, 5.41) is 0. The van der Waals surface area contributed by atoms with Gasteiger partial charge in [-0.25, -0.2) is 0 Å². The number of carbonyl (C=O) groups excluding carboxylic acids is 1. The van der Waals surface area contributed by atoms with Crippen LogP contribution in [0, 0.1) is 5.92 Å². The van der Waals surface area contributed by atoms with Gasteiger partial charge in [-0.3, -0.25) is 4.79 Å². The molecule has 0 aliphatic heterocycles. The van der Waals surface area contributed by atoms with Crippen molar-refractivity contribution in [2.45, 2.75) is 33.2 Å². The number of nitrogens with two attached hydrogens (primary N) is 1. The zero-order chi connectivity index (χ0) is 13.4. The lowest BCUT2D eigenvalue weighted by Crippen LogP contribution is -2.30. The Hall–Kier alpha value is -1.35. The van der Waals surface area contributed by atoms with E-state index >= 15 is 0 Å². The molecule has 0 fully saturated rings. The van der Waals surface area contributed by atoms with Crippen LogP contribution in [0.25, 0.3) is 0 Å². The van der Waals surface area contributed by atoms with Gasteiger partial charge in [-0.15, -0.1) is 0 Å². The minimum Gasteiger partial charge on any atom is -0.339 e. The van der Waals surface area contributed by atoms with Crippen molar-refractivity contribution >= 4 is 5.91 Å². The fraction of sp³-hybridized carbons (Fsp3) is 0.533. The monoisotopic (exact) mass is 248 g/mol. The lowest BCUT2D eigenvalue weighted by atomic mass is 10.1. The number of carbonyl (C=O) groups is 1. The van der Waals surface area contributed by atoms with Crippen molar-refractivity contribution in [1.82, 2.24) is 4.90 Å². The maximum absolute atomic E-state index is 12.1. The van der Waals surface area contributed by atoms with E-state index in [2.05, 4.69) is 19.1 Å². The molecule has 0 aliphatic rings. The molecule has 0 saturated heterocycles. The van der Waals surface area contributed by atoms with Crippen LogP contribution in [-0.4, -0.2) is 23.9 Å². The molecule has 0 radical (unpaired) electrons. The van der Waals surface area contributed by atoms with E-state index in [1.54, 1.807) is 0 Å². The molecule has 0 heterocycles. The number of rotatable bonds is 7. The third-order valence-corrected chi connectivity index (χ3v) is 3.20. The van der Waals surface area contributed by atoms with Gasteiger partial charge in [-0.1, -0.05) is 37.3 Å². The molecule has 100 valence electrons. The molecular weight excluding hydrogens is 224 g/mol. The van der Waals surface area contributed by atoms with Gasteiger partial charge < -0.3 is 10.6 Å². The van der Waals surface area contributed by atoms with Crippen LogP contribution in [0.15, 0.2) is 30.3 Å². The third kappa shape index (κ3) is 4.88. The van der Waals surface area contributed by atoms with E-state index in [0.717, 1.165) is 13.0 Å². The first kappa shape index (κ1) is 14.7. The first-order valence-electron chi connectivity index (χ1n) is 6.69. The van der Waals surface area contributed by atoms with Crippen molar-refractivity contribution in [3.8, 4) is 0 Å². The quantitative estimate of drug-likeness (QED) is 0.805. The highest BCUT2D eigenvalue weighted by molar-refractivity contribution is 5.76. The highest BCUT2D eigenvalue weighted by Crippen LogP contribution is 2.09. The Morgan fingerprint density at radius 3 is 2.56 bits per heavy atom. The van der Waals surface area contributed by atoms with Crippen molar-refractivity contribution in [2.75, 3.05) is 13.1 Å². The van der Waals surface area contributed by atoms with E-state index in [9.17, 15) is 4.79 Å². The molecule has 1 aromatic carbocycles. The van der Waals surface area contributed by atoms with E-state index < -0.39 is 0 Å². The Morgan fingerprint density at radius 1 is 1.33 bits per heavy atom. The van der Waals surface area contributed by atoms with Crippen LogP contribution in [0.3, 0.4) is 0 Å². The number of amides is 1. The van der Waals surface area contributed by atoms with Gasteiger partial charge in [0.05, 0.1) is 0 Å². The predicted molar refractivity (Wildman–Crippen MR) is 75.0 cm³/mol. The normalized spacial score (nSPS) is 12.2. The Morgan fingerprint density at radius 2 is 2.00 bits per heavy atom. The molecule has 1 rings (SSSR count). The SMILES string of the molecule is CCN(Cc1ccccc1)C(=O)CCC(C)CN. The summed E-state index contributed by atoms with van der Waals surface area (Å²) < 4.78 is 0. The highest BCUT2D eigenvalue weighted by atomic mass is 16.2. The van der Waals surface area contributed by atoms with Crippen LogP contribution < -0.4 is 5.73 Å². The van der Waals surface area contributed by atoms with E-state index in [1.807, 2.05) is 30.0 Å². The van der Waals surface area contributed by atoms with Crippen LogP contribution in [0.2, 0.25) is 0 Å². The number of hydrogen-bond acceptors (Lipinski definition) is 2. The van der Waals surface area contributed by atoms with Crippen molar-refractivity contribution in [3.05, 3.63) is 35.9 Å². The summed E-state index contributed by atoms with van der Waals surface area (Å²) in [5.41, 5.74) is 6.75. The van der Waals surface area contributed by atoms with E-state index in [0.29, 0.717) is 25.4 Å². The maximum atomic E-state index is 12.1. The lowest BCUT2D eigenvalue weighted by Gasteiger charge is -2.21. The van der Waals surface area contributed by atoms with Gasteiger partial charge in [0, 0.05) is 19.5 Å². The summed E-state index contributed by atoms with van der Waals surface area (Å²) in [4.78, 5) is 14.0. The number of nitrogens with zero attached hydrogens (tertiary/aromatic N) is 1. The van der Waals surface area contributed by atoms with Gasteiger partial charge in [-0.05, 0) is 31.4 Å². The minimum atomic E-state index is 0.224. The Balaban J connectivity index is 2.48. The molecule has 0 bridgehead atoms. The molecule has 0 saturated carbocycles. The first-order chi connectivity index (χ1) is 8.67. The standard InChI is InChI=1S/C15H24N2O/c1-3-17(12-14-7-5-4-6-8-14)15(18)10-9-13(2)11-16/h4-8,13H,3,9-12,16H2,1-2H3. The summed E-state index contributed by atoms with van der Waals surface area (Å²) in [6, 6.07) is 10.1. The highest BCUT2D eigenvalue weighted by Gasteiger charge is 2.13. The average Bonchev–Trinajstić information content (AvgIpc) is 2.42. The Bertz CT molecular complexity index is 351. The molecular formula is C15H24N2O. The van der Waals surface area contributed by atoms with Gasteiger partial charge >= 0.3 is 0 Å². The van der Waals surface area contributed by atoms with E-state index in [1.165, 1.54) is 5.56 Å². The van der Waals surface area contributed by atoms with Crippen molar-refractivity contribution in [1.29, 1.82) is 0 Å². The summed E-state index contributed by atoms with van der Waals surface area (Å²) in [7, 11) is 0. The van der Waals surface area contributed by atoms with Gasteiger partial charge in [0.1, 0.15) is 0 Å². The second-order valence-electron chi connectivity index (χ2n) is 4.77. The Kier molecular flexibility index (Phi) is 6.44.